The van der Waals surface area contributed by atoms with Crippen LogP contribution >= 0.6 is 0 Å². The predicted molar refractivity (Wildman–Crippen MR) is 128 cm³/mol. The van der Waals surface area contributed by atoms with E-state index in [0.717, 1.165) is 42.7 Å². The Morgan fingerprint density at radius 1 is 1.11 bits per heavy atom. The van der Waals surface area contributed by atoms with Crippen LogP contribution in [0.2, 0.25) is 0 Å². The van der Waals surface area contributed by atoms with Crippen LogP contribution < -0.4 is 11.1 Å². The number of aromatic nitrogens is 2. The van der Waals surface area contributed by atoms with E-state index in [0.29, 0.717) is 18.0 Å². The number of carbonyl (C=O) groups is 1. The van der Waals surface area contributed by atoms with Crippen molar-refractivity contribution in [1.29, 1.82) is 0 Å². The van der Waals surface area contributed by atoms with Crippen LogP contribution in [0.25, 0.3) is 11.3 Å². The van der Waals surface area contributed by atoms with Crippen molar-refractivity contribution in [1.82, 2.24) is 9.97 Å². The van der Waals surface area contributed by atoms with E-state index in [1.54, 1.807) is 12.3 Å². The Hall–Kier alpha value is -3.30. The Morgan fingerprint density at radius 3 is 2.50 bits per heavy atom. The summed E-state index contributed by atoms with van der Waals surface area (Å²) < 4.78 is 49.5. The topological polar surface area (TPSA) is 90.1 Å². The van der Waals surface area contributed by atoms with Crippen molar-refractivity contribution in [2.75, 3.05) is 5.32 Å². The van der Waals surface area contributed by atoms with Crippen LogP contribution in [0.4, 0.5) is 18.9 Å². The average Bonchev–Trinajstić information content (AvgIpc) is 3.58. The van der Waals surface area contributed by atoms with Crippen molar-refractivity contribution in [3.63, 3.8) is 0 Å². The minimum Gasteiger partial charge on any atom is -0.367 e. The van der Waals surface area contributed by atoms with Gasteiger partial charge in [-0.25, -0.2) is 18.2 Å². The summed E-state index contributed by atoms with van der Waals surface area (Å²) in [5.74, 6) is -2.94. The maximum atomic E-state index is 14.5. The van der Waals surface area contributed by atoms with Crippen LogP contribution in [0.15, 0.2) is 48.8 Å². The van der Waals surface area contributed by atoms with Crippen LogP contribution in [0, 0.1) is 29.3 Å². The molecule has 1 saturated heterocycles. The van der Waals surface area contributed by atoms with Gasteiger partial charge in [0, 0.05) is 23.7 Å². The minimum absolute atomic E-state index is 0.0556. The molecule has 1 aliphatic heterocycles. The van der Waals surface area contributed by atoms with E-state index in [-0.39, 0.29) is 29.4 Å². The number of amides is 1. The van der Waals surface area contributed by atoms with E-state index < -0.39 is 34.6 Å². The number of hydrogen-bond acceptors (Lipinski definition) is 5. The maximum absolute atomic E-state index is 14.5. The second-order valence-corrected chi connectivity index (χ2v) is 9.88. The number of nitrogens with zero attached hydrogens (tertiary/aromatic N) is 2. The molecule has 36 heavy (non-hydrogen) atoms. The number of nitrogens with two attached hydrogens (primary N) is 1. The van der Waals surface area contributed by atoms with E-state index in [4.69, 9.17) is 10.5 Å². The summed E-state index contributed by atoms with van der Waals surface area (Å²) in [5.41, 5.74) is 6.05. The van der Waals surface area contributed by atoms with E-state index in [9.17, 15) is 18.0 Å². The average molecular weight is 497 g/mol. The summed E-state index contributed by atoms with van der Waals surface area (Å²) in [7, 11) is 0. The fraction of sp³-hybridized carbons (Fsp3) is 0.370. The molecule has 0 bridgehead atoms. The number of nitrogens with one attached hydrogen (secondary N) is 1. The lowest BCUT2D eigenvalue weighted by Gasteiger charge is -2.44. The van der Waals surface area contributed by atoms with Crippen molar-refractivity contribution < 1.29 is 22.7 Å². The zero-order valence-electron chi connectivity index (χ0n) is 20.0. The lowest BCUT2D eigenvalue weighted by Crippen LogP contribution is -2.49. The molecule has 3 N–H and O–H groups in total. The third-order valence-corrected chi connectivity index (χ3v) is 7.12. The zero-order chi connectivity index (χ0) is 25.6. The molecule has 3 atom stereocenters. The lowest BCUT2D eigenvalue weighted by molar-refractivity contribution is -0.124. The van der Waals surface area contributed by atoms with E-state index in [2.05, 4.69) is 29.1 Å². The number of halogens is 3. The van der Waals surface area contributed by atoms with Gasteiger partial charge in [-0.2, -0.15) is 0 Å². The quantitative estimate of drug-likeness (QED) is 0.493. The molecule has 3 heterocycles. The summed E-state index contributed by atoms with van der Waals surface area (Å²) in [5, 5.41) is 2.75. The molecule has 2 aliphatic rings. The largest absolute Gasteiger partial charge is 0.367 e. The van der Waals surface area contributed by atoms with Gasteiger partial charge in [-0.15, -0.1) is 0 Å². The van der Waals surface area contributed by atoms with Crippen molar-refractivity contribution >= 4 is 11.6 Å². The van der Waals surface area contributed by atoms with Gasteiger partial charge in [0.2, 0.25) is 0 Å². The first kappa shape index (κ1) is 24.4. The summed E-state index contributed by atoms with van der Waals surface area (Å²) in [4.78, 5) is 21.1. The van der Waals surface area contributed by atoms with Gasteiger partial charge >= 0.3 is 0 Å². The molecule has 1 aliphatic carbocycles. The van der Waals surface area contributed by atoms with Gasteiger partial charge in [-0.05, 0) is 55.5 Å². The standard InChI is InChI=1S/C27H27F3N4O2/c1-14(2)24-19(31)12-22(36-27(24)9-10-27)15-8-11-32-13-21(15)34-26(35)20-7-6-18(30)25(33-20)23-16(28)4-3-5-17(23)29/h3-8,11,13-14,19,22,24H,9-10,12,31H2,1-2H3,(H,34,35). The highest BCUT2D eigenvalue weighted by Gasteiger charge is 2.58. The molecular weight excluding hydrogens is 469 g/mol. The molecule has 3 unspecified atom stereocenters. The van der Waals surface area contributed by atoms with Crippen molar-refractivity contribution in [2.45, 2.75) is 50.9 Å². The molecule has 0 radical (unpaired) electrons. The Balaban J connectivity index is 1.42. The summed E-state index contributed by atoms with van der Waals surface area (Å²) in [6, 6.07) is 7.00. The second-order valence-electron chi connectivity index (χ2n) is 9.88. The molecule has 5 rings (SSSR count). The van der Waals surface area contributed by atoms with Gasteiger partial charge in [0.05, 0.1) is 29.2 Å². The Kier molecular flexibility index (Phi) is 6.30. The molecule has 1 aromatic carbocycles. The van der Waals surface area contributed by atoms with Crippen LogP contribution in [-0.2, 0) is 4.74 Å². The van der Waals surface area contributed by atoms with Gasteiger partial charge in [-0.3, -0.25) is 9.78 Å². The van der Waals surface area contributed by atoms with Gasteiger partial charge < -0.3 is 15.8 Å². The first-order valence-corrected chi connectivity index (χ1v) is 12.0. The van der Waals surface area contributed by atoms with Gasteiger partial charge in [0.25, 0.3) is 5.91 Å². The molecule has 1 spiro atoms. The predicted octanol–water partition coefficient (Wildman–Crippen LogP) is 5.41. The maximum Gasteiger partial charge on any atom is 0.274 e. The zero-order valence-corrected chi connectivity index (χ0v) is 20.0. The number of carbonyl (C=O) groups excluding carboxylic acids is 1. The normalized spacial score (nSPS) is 22.6. The summed E-state index contributed by atoms with van der Waals surface area (Å²) >= 11 is 0. The molecule has 2 aromatic heterocycles. The van der Waals surface area contributed by atoms with Crippen molar-refractivity contribution in [3.8, 4) is 11.3 Å². The number of pyridine rings is 2. The first-order chi connectivity index (χ1) is 17.2. The van der Waals surface area contributed by atoms with Crippen LogP contribution in [0.1, 0.15) is 55.3 Å². The molecule has 1 amide bonds. The molecule has 2 fully saturated rings. The SMILES string of the molecule is CC(C)C1C(N)CC(c2ccncc2NC(=O)c2ccc(F)c(-c3c(F)cccc3F)n2)OC12CC2. The third-order valence-electron chi connectivity index (χ3n) is 7.12. The first-order valence-electron chi connectivity index (χ1n) is 12.0. The number of ether oxygens (including phenoxy) is 1. The molecule has 6 nitrogen and oxygen atoms in total. The van der Waals surface area contributed by atoms with Crippen LogP contribution in [-0.4, -0.2) is 27.5 Å². The number of hydrogen-bond donors (Lipinski definition) is 2. The number of anilines is 1. The number of rotatable bonds is 5. The van der Waals surface area contributed by atoms with Crippen LogP contribution in [0.5, 0.6) is 0 Å². The van der Waals surface area contributed by atoms with Gasteiger partial charge in [0.15, 0.2) is 0 Å². The van der Waals surface area contributed by atoms with E-state index in [1.165, 1.54) is 12.3 Å². The van der Waals surface area contributed by atoms with Crippen molar-refractivity contribution in [3.05, 3.63) is 77.5 Å². The fourth-order valence-electron chi connectivity index (χ4n) is 5.51. The lowest BCUT2D eigenvalue weighted by atomic mass is 9.77. The van der Waals surface area contributed by atoms with E-state index in [1.807, 2.05) is 0 Å². The van der Waals surface area contributed by atoms with Crippen molar-refractivity contribution in [2.24, 2.45) is 17.6 Å². The Morgan fingerprint density at radius 2 is 1.83 bits per heavy atom. The highest BCUT2D eigenvalue weighted by molar-refractivity contribution is 6.03. The summed E-state index contributed by atoms with van der Waals surface area (Å²) in [6.45, 7) is 4.31. The highest BCUT2D eigenvalue weighted by atomic mass is 19.1. The Labute approximate surface area is 207 Å². The number of benzene rings is 1. The molecule has 188 valence electrons. The molecular formula is C27H27F3N4O2. The smallest absolute Gasteiger partial charge is 0.274 e. The Bertz CT molecular complexity index is 1290. The molecule has 1 saturated carbocycles. The van der Waals surface area contributed by atoms with Gasteiger partial charge in [0.1, 0.15) is 28.8 Å². The van der Waals surface area contributed by atoms with Crippen LogP contribution in [0.3, 0.4) is 0 Å². The second kappa shape index (κ2) is 9.29. The monoisotopic (exact) mass is 496 g/mol. The fourth-order valence-corrected chi connectivity index (χ4v) is 5.51. The minimum atomic E-state index is -0.979. The third kappa shape index (κ3) is 4.37. The van der Waals surface area contributed by atoms with E-state index >= 15 is 0 Å². The van der Waals surface area contributed by atoms with Gasteiger partial charge in [-0.1, -0.05) is 19.9 Å². The molecule has 3 aromatic rings. The highest BCUT2D eigenvalue weighted by Crippen LogP contribution is 2.57. The molecule has 9 heteroatoms. The summed E-state index contributed by atoms with van der Waals surface area (Å²) in [6.07, 6.45) is 5.26.